The third kappa shape index (κ3) is 5.56. The number of hydrogen-bond donors (Lipinski definition) is 4. The molecule has 4 N–H and O–H groups in total. The van der Waals surface area contributed by atoms with Crippen LogP contribution in [0.25, 0.3) is 11.0 Å². The molecule has 0 saturated carbocycles. The van der Waals surface area contributed by atoms with Crippen LogP contribution in [-0.2, 0) is 0 Å². The van der Waals surface area contributed by atoms with Crippen LogP contribution in [0.3, 0.4) is 0 Å². The van der Waals surface area contributed by atoms with Crippen LogP contribution in [0.15, 0.2) is 42.6 Å². The molecule has 1 fully saturated rings. The monoisotopic (exact) mass is 450 g/mol. The fraction of sp³-hybridized carbons (Fsp3) is 0.318. The van der Waals surface area contributed by atoms with Gasteiger partial charge in [0.15, 0.2) is 5.65 Å². The van der Waals surface area contributed by atoms with Gasteiger partial charge in [0.2, 0.25) is 5.95 Å². The fourth-order valence-electron chi connectivity index (χ4n) is 3.49. The van der Waals surface area contributed by atoms with Gasteiger partial charge in [-0.25, -0.2) is 19.6 Å². The second kappa shape index (κ2) is 9.55. The van der Waals surface area contributed by atoms with Gasteiger partial charge in [0.25, 0.3) is 0 Å². The van der Waals surface area contributed by atoms with Gasteiger partial charge in [-0.1, -0.05) is 0 Å². The molecule has 0 unspecified atom stereocenters. The zero-order valence-electron chi connectivity index (χ0n) is 18.4. The van der Waals surface area contributed by atoms with Crippen molar-refractivity contribution < 1.29 is 14.7 Å². The molecule has 1 aliphatic heterocycles. The highest BCUT2D eigenvalue weighted by Crippen LogP contribution is 2.22. The van der Waals surface area contributed by atoms with E-state index < -0.39 is 6.09 Å². The van der Waals surface area contributed by atoms with Crippen LogP contribution in [-0.4, -0.2) is 69.3 Å². The van der Waals surface area contributed by atoms with Crippen molar-refractivity contribution in [3.63, 3.8) is 0 Å². The molecule has 33 heavy (non-hydrogen) atoms. The van der Waals surface area contributed by atoms with Gasteiger partial charge in [-0.05, 0) is 50.2 Å². The molecule has 4 rings (SSSR count). The molecule has 2 aromatic heterocycles. The Balaban J connectivity index is 1.42. The average molecular weight is 451 g/mol. The lowest BCUT2D eigenvalue weighted by Gasteiger charge is -2.34. The zero-order chi connectivity index (χ0) is 23.4. The lowest BCUT2D eigenvalue weighted by Crippen LogP contribution is -2.48. The van der Waals surface area contributed by atoms with Crippen molar-refractivity contribution in [2.45, 2.75) is 19.9 Å². The zero-order valence-corrected chi connectivity index (χ0v) is 18.4. The van der Waals surface area contributed by atoms with Crippen LogP contribution >= 0.6 is 0 Å². The van der Waals surface area contributed by atoms with E-state index >= 15 is 0 Å². The van der Waals surface area contributed by atoms with Crippen molar-refractivity contribution in [3.8, 4) is 0 Å². The number of aromatic nitrogens is 3. The molecule has 11 nitrogen and oxygen atoms in total. The summed E-state index contributed by atoms with van der Waals surface area (Å²) in [4.78, 5) is 39.8. The Hall–Kier alpha value is -4.15. The normalized spacial score (nSPS) is 13.8. The molecule has 0 aliphatic carbocycles. The number of rotatable bonds is 5. The number of fused-ring (bicyclic) bond motifs is 1. The summed E-state index contributed by atoms with van der Waals surface area (Å²) in [6.07, 6.45) is 0.798. The largest absolute Gasteiger partial charge is 0.465 e. The first kappa shape index (κ1) is 22.1. The minimum absolute atomic E-state index is 0.0179. The SMILES string of the molecule is CC(C)NC(=O)Nc1ccc2cnc(Nc3ccc(N4CCN(C(=O)O)CC4)cc3)nc2n1. The van der Waals surface area contributed by atoms with Crippen molar-refractivity contribution in [1.82, 2.24) is 25.2 Å². The van der Waals surface area contributed by atoms with Gasteiger partial charge in [0, 0.05) is 55.2 Å². The minimum Gasteiger partial charge on any atom is -0.465 e. The van der Waals surface area contributed by atoms with Crippen LogP contribution in [0, 0.1) is 0 Å². The number of piperazine rings is 1. The highest BCUT2D eigenvalue weighted by Gasteiger charge is 2.20. The van der Waals surface area contributed by atoms with Gasteiger partial charge in [0.1, 0.15) is 5.82 Å². The minimum atomic E-state index is -0.874. The highest BCUT2D eigenvalue weighted by molar-refractivity contribution is 5.89. The van der Waals surface area contributed by atoms with Crippen molar-refractivity contribution in [1.29, 1.82) is 0 Å². The molecule has 1 saturated heterocycles. The number of nitrogens with one attached hydrogen (secondary N) is 3. The first-order valence-corrected chi connectivity index (χ1v) is 10.7. The molecular formula is C22H26N8O3. The molecule has 0 radical (unpaired) electrons. The smallest absolute Gasteiger partial charge is 0.407 e. The third-order valence-corrected chi connectivity index (χ3v) is 5.14. The number of amides is 3. The predicted octanol–water partition coefficient (Wildman–Crippen LogP) is 3.10. The van der Waals surface area contributed by atoms with Gasteiger partial charge in [-0.3, -0.25) is 5.32 Å². The van der Waals surface area contributed by atoms with E-state index in [9.17, 15) is 9.59 Å². The summed E-state index contributed by atoms with van der Waals surface area (Å²) in [5.41, 5.74) is 2.30. The van der Waals surface area contributed by atoms with Crippen LogP contribution in [0.2, 0.25) is 0 Å². The van der Waals surface area contributed by atoms with Gasteiger partial charge in [-0.2, -0.15) is 4.98 Å². The molecule has 0 atom stereocenters. The Kier molecular flexibility index (Phi) is 6.38. The van der Waals surface area contributed by atoms with E-state index in [-0.39, 0.29) is 12.1 Å². The van der Waals surface area contributed by atoms with E-state index in [2.05, 4.69) is 35.8 Å². The number of anilines is 4. The van der Waals surface area contributed by atoms with E-state index in [1.165, 1.54) is 4.90 Å². The van der Waals surface area contributed by atoms with E-state index in [0.29, 0.717) is 43.6 Å². The number of pyridine rings is 1. The molecule has 0 bridgehead atoms. The van der Waals surface area contributed by atoms with Gasteiger partial charge < -0.3 is 25.5 Å². The summed E-state index contributed by atoms with van der Waals surface area (Å²) in [5, 5.41) is 18.5. The number of carboxylic acid groups (broad SMARTS) is 1. The standard InChI is InChI=1S/C22H26N8O3/c1-14(2)24-21(31)27-18-8-3-15-13-23-20(28-19(15)26-18)25-16-4-6-17(7-5-16)29-9-11-30(12-10-29)22(32)33/h3-8,13-14H,9-12H2,1-2H3,(H,32,33)(H3,23,24,25,26,27,28,31). The van der Waals surface area contributed by atoms with E-state index in [0.717, 1.165) is 16.8 Å². The van der Waals surface area contributed by atoms with Crippen molar-refractivity contribution in [2.24, 2.45) is 0 Å². The number of benzene rings is 1. The lowest BCUT2D eigenvalue weighted by atomic mass is 10.2. The lowest BCUT2D eigenvalue weighted by molar-refractivity contribution is 0.142. The molecule has 3 aromatic rings. The number of carbonyl (C=O) groups excluding carboxylic acids is 1. The van der Waals surface area contributed by atoms with Crippen LogP contribution in [0.5, 0.6) is 0 Å². The third-order valence-electron chi connectivity index (χ3n) is 5.14. The second-order valence-corrected chi connectivity index (χ2v) is 7.98. The van der Waals surface area contributed by atoms with E-state index in [1.54, 1.807) is 18.3 Å². The van der Waals surface area contributed by atoms with Gasteiger partial charge in [0.05, 0.1) is 0 Å². The Bertz CT molecular complexity index is 1140. The summed E-state index contributed by atoms with van der Waals surface area (Å²) in [6.45, 7) is 6.05. The van der Waals surface area contributed by atoms with Crippen LogP contribution in [0.1, 0.15) is 13.8 Å². The van der Waals surface area contributed by atoms with Gasteiger partial charge >= 0.3 is 12.1 Å². The molecule has 3 heterocycles. The Labute approximate surface area is 190 Å². The molecule has 11 heteroatoms. The average Bonchev–Trinajstić information content (AvgIpc) is 2.79. The predicted molar refractivity (Wildman–Crippen MR) is 126 cm³/mol. The summed E-state index contributed by atoms with van der Waals surface area (Å²) in [5.74, 6) is 0.791. The number of hydrogen-bond acceptors (Lipinski definition) is 7. The number of carbonyl (C=O) groups is 2. The maximum Gasteiger partial charge on any atom is 0.407 e. The summed E-state index contributed by atoms with van der Waals surface area (Å²) < 4.78 is 0. The quantitative estimate of drug-likeness (QED) is 0.466. The van der Waals surface area contributed by atoms with Crippen LogP contribution in [0.4, 0.5) is 32.7 Å². The number of nitrogens with zero attached hydrogens (tertiary/aromatic N) is 5. The van der Waals surface area contributed by atoms with Crippen molar-refractivity contribution >= 4 is 46.3 Å². The molecule has 3 amide bonds. The molecule has 1 aromatic carbocycles. The second-order valence-electron chi connectivity index (χ2n) is 7.98. The topological polar surface area (TPSA) is 136 Å². The fourth-order valence-corrected chi connectivity index (χ4v) is 3.49. The molecule has 0 spiro atoms. The summed E-state index contributed by atoms with van der Waals surface area (Å²) in [7, 11) is 0. The summed E-state index contributed by atoms with van der Waals surface area (Å²) in [6, 6.07) is 11.0. The Morgan fingerprint density at radius 3 is 2.39 bits per heavy atom. The first-order valence-electron chi connectivity index (χ1n) is 10.7. The summed E-state index contributed by atoms with van der Waals surface area (Å²) >= 11 is 0. The molecular weight excluding hydrogens is 424 g/mol. The molecule has 172 valence electrons. The Morgan fingerprint density at radius 2 is 1.73 bits per heavy atom. The molecule has 1 aliphatic rings. The van der Waals surface area contributed by atoms with Crippen LogP contribution < -0.4 is 20.9 Å². The highest BCUT2D eigenvalue weighted by atomic mass is 16.4. The Morgan fingerprint density at radius 1 is 1.00 bits per heavy atom. The van der Waals surface area contributed by atoms with Crippen molar-refractivity contribution in [3.05, 3.63) is 42.6 Å². The number of urea groups is 1. The van der Waals surface area contributed by atoms with Crippen molar-refractivity contribution in [2.75, 3.05) is 41.7 Å². The maximum atomic E-state index is 11.9. The van der Waals surface area contributed by atoms with E-state index in [1.807, 2.05) is 38.1 Å². The van der Waals surface area contributed by atoms with E-state index in [4.69, 9.17) is 5.11 Å². The maximum absolute atomic E-state index is 11.9. The van der Waals surface area contributed by atoms with Gasteiger partial charge in [-0.15, -0.1) is 0 Å². The first-order chi connectivity index (χ1) is 15.9.